The summed E-state index contributed by atoms with van der Waals surface area (Å²) in [7, 11) is 0. The van der Waals surface area contributed by atoms with Gasteiger partial charge in [0.2, 0.25) is 0 Å². The molecule has 0 aliphatic heterocycles. The van der Waals surface area contributed by atoms with Crippen LogP contribution in [0.2, 0.25) is 0 Å². The molecule has 2 rings (SSSR count). The Balaban J connectivity index is 2.18. The van der Waals surface area contributed by atoms with Crippen molar-refractivity contribution in [2.75, 3.05) is 0 Å². The first-order chi connectivity index (χ1) is 8.60. The number of hydrogen-bond acceptors (Lipinski definition) is 2. The van der Waals surface area contributed by atoms with Gasteiger partial charge in [0, 0.05) is 21.4 Å². The molecule has 0 saturated heterocycles. The molecule has 94 valence electrons. The largest absolute Gasteiger partial charge is 0.294 e. The number of carbonyl (C=O) groups excluding carboxylic acids is 1. The highest BCUT2D eigenvalue weighted by atomic mass is 127. The van der Waals surface area contributed by atoms with E-state index in [4.69, 9.17) is 0 Å². The van der Waals surface area contributed by atoms with Crippen LogP contribution in [0.4, 0.5) is 0 Å². The lowest BCUT2D eigenvalue weighted by atomic mass is 10.1. The first-order valence-corrected chi connectivity index (χ1v) is 7.00. The van der Waals surface area contributed by atoms with Crippen LogP contribution in [0.1, 0.15) is 28.7 Å². The Labute approximate surface area is 120 Å². The topological polar surface area (TPSA) is 34.9 Å². The van der Waals surface area contributed by atoms with E-state index in [0.717, 1.165) is 27.1 Å². The molecule has 2 aromatic rings. The van der Waals surface area contributed by atoms with Crippen molar-refractivity contribution in [2.45, 2.75) is 26.8 Å². The number of rotatable bonds is 4. The number of aryl methyl sites for hydroxylation is 2. The van der Waals surface area contributed by atoms with Gasteiger partial charge in [-0.05, 0) is 54.6 Å². The zero-order valence-corrected chi connectivity index (χ0v) is 12.6. The predicted octanol–water partition coefficient (Wildman–Crippen LogP) is 3.24. The van der Waals surface area contributed by atoms with Gasteiger partial charge < -0.3 is 0 Å². The maximum Gasteiger partial charge on any atom is 0.168 e. The van der Waals surface area contributed by atoms with Gasteiger partial charge in [0.1, 0.15) is 0 Å². The van der Waals surface area contributed by atoms with Crippen LogP contribution in [0.5, 0.6) is 0 Å². The van der Waals surface area contributed by atoms with Crippen LogP contribution in [0, 0.1) is 10.5 Å². The fourth-order valence-electron chi connectivity index (χ4n) is 1.92. The number of ketones is 1. The average Bonchev–Trinajstić information content (AvgIpc) is 2.70. The second-order valence-corrected chi connectivity index (χ2v) is 5.45. The van der Waals surface area contributed by atoms with E-state index in [1.165, 1.54) is 0 Å². The van der Waals surface area contributed by atoms with E-state index in [9.17, 15) is 4.79 Å². The molecule has 0 bridgehead atoms. The number of carbonyl (C=O) groups is 1. The van der Waals surface area contributed by atoms with Crippen molar-refractivity contribution in [3.8, 4) is 0 Å². The quantitative estimate of drug-likeness (QED) is 0.624. The molecule has 18 heavy (non-hydrogen) atoms. The normalized spacial score (nSPS) is 10.6. The maximum atomic E-state index is 12.2. The van der Waals surface area contributed by atoms with E-state index < -0.39 is 0 Å². The van der Waals surface area contributed by atoms with Crippen LogP contribution in [0.25, 0.3) is 0 Å². The fourth-order valence-corrected chi connectivity index (χ4v) is 2.28. The van der Waals surface area contributed by atoms with Crippen molar-refractivity contribution in [1.29, 1.82) is 0 Å². The van der Waals surface area contributed by atoms with Crippen molar-refractivity contribution in [3.05, 3.63) is 50.9 Å². The van der Waals surface area contributed by atoms with Crippen LogP contribution >= 0.6 is 22.6 Å². The van der Waals surface area contributed by atoms with Gasteiger partial charge in [0.25, 0.3) is 0 Å². The van der Waals surface area contributed by atoms with Gasteiger partial charge in [-0.2, -0.15) is 5.10 Å². The third-order valence-electron chi connectivity index (χ3n) is 2.79. The van der Waals surface area contributed by atoms with Gasteiger partial charge in [-0.1, -0.05) is 12.1 Å². The first kappa shape index (κ1) is 13.3. The second-order valence-electron chi connectivity index (χ2n) is 4.20. The van der Waals surface area contributed by atoms with Gasteiger partial charge in [-0.3, -0.25) is 9.48 Å². The van der Waals surface area contributed by atoms with Gasteiger partial charge >= 0.3 is 0 Å². The van der Waals surface area contributed by atoms with Crippen molar-refractivity contribution in [1.82, 2.24) is 9.78 Å². The van der Waals surface area contributed by atoms with Crippen LogP contribution in [0.3, 0.4) is 0 Å². The third kappa shape index (κ3) is 2.98. The fraction of sp³-hybridized carbons (Fsp3) is 0.286. The number of Topliss-reactive ketones (excluding diaryl/α,β-unsaturated/α-hetero) is 1. The van der Waals surface area contributed by atoms with Crippen LogP contribution in [-0.2, 0) is 13.0 Å². The maximum absolute atomic E-state index is 12.2. The van der Waals surface area contributed by atoms with Crippen LogP contribution in [-0.4, -0.2) is 15.6 Å². The molecule has 0 aliphatic carbocycles. The molecule has 0 N–H and O–H groups in total. The van der Waals surface area contributed by atoms with Crippen molar-refractivity contribution in [3.63, 3.8) is 0 Å². The Bertz CT molecular complexity index is 558. The number of aromatic nitrogens is 2. The zero-order valence-electron chi connectivity index (χ0n) is 10.5. The van der Waals surface area contributed by atoms with Gasteiger partial charge in [0.05, 0.1) is 12.1 Å². The van der Waals surface area contributed by atoms with Crippen LogP contribution in [0.15, 0.2) is 30.3 Å². The highest BCUT2D eigenvalue weighted by Crippen LogP contribution is 2.11. The van der Waals surface area contributed by atoms with Gasteiger partial charge in [-0.15, -0.1) is 0 Å². The Morgan fingerprint density at radius 2 is 2.00 bits per heavy atom. The molecule has 0 saturated carbocycles. The Kier molecular flexibility index (Phi) is 4.16. The molecule has 1 heterocycles. The summed E-state index contributed by atoms with van der Waals surface area (Å²) < 4.78 is 3.03. The number of nitrogens with zero attached hydrogens (tertiary/aromatic N) is 2. The van der Waals surface area contributed by atoms with Gasteiger partial charge in [-0.25, -0.2) is 0 Å². The minimum Gasteiger partial charge on any atom is -0.294 e. The van der Waals surface area contributed by atoms with Crippen molar-refractivity contribution in [2.24, 2.45) is 0 Å². The number of benzene rings is 1. The Morgan fingerprint density at radius 1 is 1.33 bits per heavy atom. The van der Waals surface area contributed by atoms with Crippen LogP contribution < -0.4 is 0 Å². The minimum absolute atomic E-state index is 0.140. The molecule has 0 fully saturated rings. The van der Waals surface area contributed by atoms with E-state index in [1.54, 1.807) is 0 Å². The molecule has 0 spiro atoms. The van der Waals surface area contributed by atoms with E-state index in [2.05, 4.69) is 27.7 Å². The minimum atomic E-state index is 0.140. The molecule has 3 nitrogen and oxygen atoms in total. The summed E-state index contributed by atoms with van der Waals surface area (Å²) in [6.07, 6.45) is 0.412. The smallest absolute Gasteiger partial charge is 0.168 e. The summed E-state index contributed by atoms with van der Waals surface area (Å²) in [5.74, 6) is 0.140. The zero-order chi connectivity index (χ0) is 13.1. The molecule has 0 aliphatic rings. The lowest BCUT2D eigenvalue weighted by Crippen LogP contribution is -2.09. The number of halogens is 1. The summed E-state index contributed by atoms with van der Waals surface area (Å²) in [6, 6.07) is 9.65. The van der Waals surface area contributed by atoms with E-state index in [-0.39, 0.29) is 5.78 Å². The van der Waals surface area contributed by atoms with E-state index >= 15 is 0 Å². The summed E-state index contributed by atoms with van der Waals surface area (Å²) in [4.78, 5) is 12.2. The highest BCUT2D eigenvalue weighted by Gasteiger charge is 2.11. The Hall–Kier alpha value is -1.17. The summed E-state index contributed by atoms with van der Waals surface area (Å²) in [5.41, 5.74) is 2.71. The third-order valence-corrected chi connectivity index (χ3v) is 3.51. The lowest BCUT2D eigenvalue weighted by molar-refractivity contribution is 0.0990. The molecular formula is C14H15IN2O. The summed E-state index contributed by atoms with van der Waals surface area (Å²) >= 11 is 2.23. The first-order valence-electron chi connectivity index (χ1n) is 5.92. The molecule has 0 radical (unpaired) electrons. The molecule has 1 aromatic heterocycles. The van der Waals surface area contributed by atoms with E-state index in [1.807, 2.05) is 48.9 Å². The molecular weight excluding hydrogens is 339 g/mol. The second kappa shape index (κ2) is 5.65. The SMILES string of the molecule is CCn1nc(C)cc1CC(=O)c1ccc(I)cc1. The molecule has 0 atom stereocenters. The molecule has 0 unspecified atom stereocenters. The summed E-state index contributed by atoms with van der Waals surface area (Å²) in [6.45, 7) is 4.78. The van der Waals surface area contributed by atoms with E-state index in [0.29, 0.717) is 6.42 Å². The summed E-state index contributed by atoms with van der Waals surface area (Å²) in [5, 5.41) is 4.35. The monoisotopic (exact) mass is 354 g/mol. The molecule has 0 amide bonds. The number of hydrogen-bond donors (Lipinski definition) is 0. The standard InChI is InChI=1S/C14H15IN2O/c1-3-17-13(8-10(2)16-17)9-14(18)11-4-6-12(15)7-5-11/h4-8H,3,9H2,1-2H3. The average molecular weight is 354 g/mol. The molecule has 4 heteroatoms. The lowest BCUT2D eigenvalue weighted by Gasteiger charge is -2.04. The van der Waals surface area contributed by atoms with Crippen molar-refractivity contribution >= 4 is 28.4 Å². The Morgan fingerprint density at radius 3 is 2.61 bits per heavy atom. The predicted molar refractivity (Wildman–Crippen MR) is 79.8 cm³/mol. The molecule has 1 aromatic carbocycles. The highest BCUT2D eigenvalue weighted by molar-refractivity contribution is 14.1. The van der Waals surface area contributed by atoms with Crippen molar-refractivity contribution < 1.29 is 4.79 Å². The van der Waals surface area contributed by atoms with Gasteiger partial charge in [0.15, 0.2) is 5.78 Å².